The Morgan fingerprint density at radius 1 is 1.07 bits per heavy atom. The summed E-state index contributed by atoms with van der Waals surface area (Å²) in [6, 6.07) is 14.7. The minimum Gasteiger partial charge on any atom is -0.324 e. The quantitative estimate of drug-likeness (QED) is 0.786. The second-order valence-corrected chi connectivity index (χ2v) is 4.07. The van der Waals surface area contributed by atoms with Gasteiger partial charge in [-0.05, 0) is 28.8 Å². The Morgan fingerprint density at radius 2 is 1.80 bits per heavy atom. The van der Waals surface area contributed by atoms with E-state index in [-0.39, 0.29) is 6.04 Å². The van der Waals surface area contributed by atoms with Crippen molar-refractivity contribution in [3.8, 4) is 0 Å². The molecular weight excluding hydrogens is 206 g/mol. The van der Waals surface area contributed by atoms with Crippen molar-refractivity contribution in [2.45, 2.75) is 12.5 Å². The van der Waals surface area contributed by atoms with Crippen molar-refractivity contribution in [3.05, 3.63) is 48.0 Å². The van der Waals surface area contributed by atoms with Crippen molar-refractivity contribution in [2.75, 3.05) is 5.88 Å². The largest absolute Gasteiger partial charge is 0.324 e. The molecule has 1 nitrogen and oxygen atoms in total. The van der Waals surface area contributed by atoms with Crippen LogP contribution in [0.1, 0.15) is 18.0 Å². The number of hydrogen-bond donors (Lipinski definition) is 1. The lowest BCUT2D eigenvalue weighted by atomic mass is 10.0. The van der Waals surface area contributed by atoms with E-state index in [0.29, 0.717) is 5.88 Å². The van der Waals surface area contributed by atoms with Crippen LogP contribution in [0.4, 0.5) is 0 Å². The lowest BCUT2D eigenvalue weighted by Gasteiger charge is -2.10. The molecule has 0 bridgehead atoms. The van der Waals surface area contributed by atoms with Crippen LogP contribution in [0.2, 0.25) is 0 Å². The van der Waals surface area contributed by atoms with Crippen molar-refractivity contribution in [2.24, 2.45) is 5.73 Å². The predicted octanol–water partition coefficient (Wildman–Crippen LogP) is 3.47. The number of benzene rings is 2. The fourth-order valence-electron chi connectivity index (χ4n) is 1.72. The van der Waals surface area contributed by atoms with Gasteiger partial charge in [-0.3, -0.25) is 0 Å². The third-order valence-electron chi connectivity index (χ3n) is 2.62. The second-order valence-electron chi connectivity index (χ2n) is 3.69. The minimum atomic E-state index is 0.0482. The van der Waals surface area contributed by atoms with Gasteiger partial charge in [-0.15, -0.1) is 11.6 Å². The smallest absolute Gasteiger partial charge is 0.0306 e. The highest BCUT2D eigenvalue weighted by molar-refractivity contribution is 6.17. The molecule has 0 heterocycles. The van der Waals surface area contributed by atoms with E-state index < -0.39 is 0 Å². The zero-order valence-electron chi connectivity index (χ0n) is 8.49. The molecule has 15 heavy (non-hydrogen) atoms. The van der Waals surface area contributed by atoms with E-state index >= 15 is 0 Å². The molecule has 0 saturated carbocycles. The molecule has 0 saturated heterocycles. The molecule has 0 aliphatic heterocycles. The van der Waals surface area contributed by atoms with Crippen LogP contribution in [0, 0.1) is 0 Å². The maximum absolute atomic E-state index is 6.01. The van der Waals surface area contributed by atoms with Crippen LogP contribution in [0.5, 0.6) is 0 Å². The van der Waals surface area contributed by atoms with E-state index in [1.807, 2.05) is 12.1 Å². The average Bonchev–Trinajstić information content (AvgIpc) is 2.29. The summed E-state index contributed by atoms with van der Waals surface area (Å²) in [6.07, 6.45) is 0.819. The molecule has 0 aliphatic rings. The Kier molecular flexibility index (Phi) is 3.24. The van der Waals surface area contributed by atoms with Crippen molar-refractivity contribution < 1.29 is 0 Å². The highest BCUT2D eigenvalue weighted by atomic mass is 35.5. The van der Waals surface area contributed by atoms with Crippen molar-refractivity contribution >= 4 is 22.4 Å². The summed E-state index contributed by atoms with van der Waals surface area (Å²) in [5.41, 5.74) is 7.17. The molecule has 0 aliphatic carbocycles. The van der Waals surface area contributed by atoms with Gasteiger partial charge < -0.3 is 5.73 Å². The van der Waals surface area contributed by atoms with Crippen molar-refractivity contribution in [1.82, 2.24) is 0 Å². The van der Waals surface area contributed by atoms with Gasteiger partial charge in [0, 0.05) is 11.9 Å². The Labute approximate surface area is 94.9 Å². The molecule has 0 fully saturated rings. The average molecular weight is 220 g/mol. The molecule has 78 valence electrons. The molecular formula is C13H14ClN. The summed E-state index contributed by atoms with van der Waals surface area (Å²) < 4.78 is 0. The number of nitrogens with two attached hydrogens (primary N) is 1. The highest BCUT2D eigenvalue weighted by Gasteiger charge is 2.05. The van der Waals surface area contributed by atoms with Gasteiger partial charge in [0.2, 0.25) is 0 Å². The number of hydrogen-bond acceptors (Lipinski definition) is 1. The first-order valence-corrected chi connectivity index (χ1v) is 5.65. The summed E-state index contributed by atoms with van der Waals surface area (Å²) >= 11 is 5.68. The van der Waals surface area contributed by atoms with Crippen LogP contribution < -0.4 is 5.73 Å². The maximum atomic E-state index is 6.01. The predicted molar refractivity (Wildman–Crippen MR) is 66.2 cm³/mol. The topological polar surface area (TPSA) is 26.0 Å². The molecule has 1 unspecified atom stereocenters. The highest BCUT2D eigenvalue weighted by Crippen LogP contribution is 2.21. The van der Waals surface area contributed by atoms with Crippen LogP contribution in [0.3, 0.4) is 0 Å². The Balaban J connectivity index is 2.38. The number of fused-ring (bicyclic) bond motifs is 1. The van der Waals surface area contributed by atoms with Gasteiger partial charge in [-0.2, -0.15) is 0 Å². The first kappa shape index (κ1) is 10.5. The number of alkyl halides is 1. The zero-order chi connectivity index (χ0) is 10.7. The normalized spacial score (nSPS) is 12.9. The Bertz CT molecular complexity index is 453. The van der Waals surface area contributed by atoms with Gasteiger partial charge in [0.15, 0.2) is 0 Å². The van der Waals surface area contributed by atoms with E-state index in [1.165, 1.54) is 10.8 Å². The van der Waals surface area contributed by atoms with E-state index in [1.54, 1.807) is 0 Å². The van der Waals surface area contributed by atoms with Crippen LogP contribution in [0.25, 0.3) is 10.8 Å². The summed E-state index contributed by atoms with van der Waals surface area (Å²) in [5, 5.41) is 2.49. The van der Waals surface area contributed by atoms with Gasteiger partial charge >= 0.3 is 0 Å². The van der Waals surface area contributed by atoms with Crippen LogP contribution in [-0.2, 0) is 0 Å². The van der Waals surface area contributed by atoms with Crippen LogP contribution >= 0.6 is 11.6 Å². The molecule has 1 atom stereocenters. The molecule has 0 aromatic heterocycles. The van der Waals surface area contributed by atoms with E-state index in [9.17, 15) is 0 Å². The second kappa shape index (κ2) is 4.65. The number of halogens is 1. The van der Waals surface area contributed by atoms with Gasteiger partial charge in [0.05, 0.1) is 0 Å². The van der Waals surface area contributed by atoms with Crippen molar-refractivity contribution in [1.29, 1.82) is 0 Å². The summed E-state index contributed by atoms with van der Waals surface area (Å²) in [4.78, 5) is 0. The van der Waals surface area contributed by atoms with Crippen molar-refractivity contribution in [3.63, 3.8) is 0 Å². The molecule has 2 aromatic rings. The Hall–Kier alpha value is -1.05. The Morgan fingerprint density at radius 3 is 2.53 bits per heavy atom. The van der Waals surface area contributed by atoms with Crippen LogP contribution in [0.15, 0.2) is 42.5 Å². The lowest BCUT2D eigenvalue weighted by molar-refractivity contribution is 0.704. The first-order chi connectivity index (χ1) is 7.31. The van der Waals surface area contributed by atoms with E-state index in [2.05, 4.69) is 30.3 Å². The third-order valence-corrected chi connectivity index (χ3v) is 2.84. The van der Waals surface area contributed by atoms with Crippen LogP contribution in [-0.4, -0.2) is 5.88 Å². The monoisotopic (exact) mass is 219 g/mol. The lowest BCUT2D eigenvalue weighted by Crippen LogP contribution is -2.10. The molecule has 2 aromatic carbocycles. The van der Waals surface area contributed by atoms with Gasteiger partial charge in [-0.1, -0.05) is 36.4 Å². The maximum Gasteiger partial charge on any atom is 0.0306 e. The molecule has 2 rings (SSSR count). The van der Waals surface area contributed by atoms with Gasteiger partial charge in [-0.25, -0.2) is 0 Å². The van der Waals surface area contributed by atoms with E-state index in [4.69, 9.17) is 17.3 Å². The fraction of sp³-hybridized carbons (Fsp3) is 0.231. The molecule has 2 heteroatoms. The summed E-state index contributed by atoms with van der Waals surface area (Å²) in [7, 11) is 0. The SMILES string of the molecule is NC(CCCl)c1ccc2ccccc2c1. The molecule has 2 N–H and O–H groups in total. The summed E-state index contributed by atoms with van der Waals surface area (Å²) in [5.74, 6) is 0.605. The van der Waals surface area contributed by atoms with Gasteiger partial charge in [0.25, 0.3) is 0 Å². The minimum absolute atomic E-state index is 0.0482. The zero-order valence-corrected chi connectivity index (χ0v) is 9.24. The number of rotatable bonds is 3. The standard InChI is InChI=1S/C13H14ClN/c14-8-7-13(15)12-6-5-10-3-1-2-4-11(10)9-12/h1-6,9,13H,7-8,15H2. The first-order valence-electron chi connectivity index (χ1n) is 5.11. The third kappa shape index (κ3) is 2.31. The summed E-state index contributed by atoms with van der Waals surface area (Å²) in [6.45, 7) is 0. The van der Waals surface area contributed by atoms with Gasteiger partial charge in [0.1, 0.15) is 0 Å². The molecule has 0 amide bonds. The van der Waals surface area contributed by atoms with E-state index in [0.717, 1.165) is 12.0 Å². The molecule has 0 radical (unpaired) electrons. The molecule has 0 spiro atoms. The fourth-order valence-corrected chi connectivity index (χ4v) is 1.96.